The molecule has 0 saturated carbocycles. The van der Waals surface area contributed by atoms with E-state index in [0.717, 1.165) is 5.69 Å². The lowest BCUT2D eigenvalue weighted by molar-refractivity contribution is 0.0697. The molecular formula is C11H16N2O3. The van der Waals surface area contributed by atoms with Crippen LogP contribution < -0.4 is 5.32 Å². The van der Waals surface area contributed by atoms with Crippen molar-refractivity contribution in [2.45, 2.75) is 26.3 Å². The van der Waals surface area contributed by atoms with E-state index in [4.69, 9.17) is 10.2 Å². The van der Waals surface area contributed by atoms with Gasteiger partial charge >= 0.3 is 5.97 Å². The number of hydrogen-bond acceptors (Lipinski definition) is 4. The number of nitrogens with zero attached hydrogens (tertiary/aromatic N) is 1. The fourth-order valence-electron chi connectivity index (χ4n) is 1.34. The Labute approximate surface area is 94.1 Å². The molecule has 0 spiro atoms. The first-order chi connectivity index (χ1) is 7.54. The molecule has 88 valence electrons. The molecule has 1 aromatic heterocycles. The number of carboxylic acid groups (broad SMARTS) is 1. The van der Waals surface area contributed by atoms with E-state index in [1.165, 1.54) is 6.07 Å². The van der Waals surface area contributed by atoms with E-state index in [2.05, 4.69) is 10.3 Å². The number of pyridine rings is 1. The quantitative estimate of drug-likeness (QED) is 0.701. The third-order valence-electron chi connectivity index (χ3n) is 2.21. The molecule has 0 amide bonds. The normalized spacial score (nSPS) is 12.2. The number of aliphatic hydroxyl groups is 1. The van der Waals surface area contributed by atoms with Gasteiger partial charge in [0.05, 0.1) is 0 Å². The summed E-state index contributed by atoms with van der Waals surface area (Å²) in [4.78, 5) is 15.1. The third kappa shape index (κ3) is 3.20. The Morgan fingerprint density at radius 1 is 1.56 bits per heavy atom. The highest BCUT2D eigenvalue weighted by Crippen LogP contribution is 2.15. The minimum absolute atomic E-state index is 0.0163. The predicted octanol–water partition coefficient (Wildman–Crippen LogP) is 1.27. The molecule has 0 aliphatic rings. The van der Waals surface area contributed by atoms with Gasteiger partial charge in [-0.2, -0.15) is 0 Å². The molecule has 1 aromatic rings. The summed E-state index contributed by atoms with van der Waals surface area (Å²) in [7, 11) is 0. The van der Waals surface area contributed by atoms with Crippen LogP contribution in [0.2, 0.25) is 0 Å². The van der Waals surface area contributed by atoms with Crippen LogP contribution in [0.25, 0.3) is 0 Å². The first kappa shape index (κ1) is 12.4. The number of aliphatic hydroxyl groups excluding tert-OH is 1. The van der Waals surface area contributed by atoms with Crippen LogP contribution in [0.4, 0.5) is 5.82 Å². The smallest absolute Gasteiger partial charge is 0.339 e. The minimum Gasteiger partial charge on any atom is -0.478 e. The second-order valence-electron chi connectivity index (χ2n) is 3.71. The van der Waals surface area contributed by atoms with E-state index in [-0.39, 0.29) is 18.2 Å². The summed E-state index contributed by atoms with van der Waals surface area (Å²) < 4.78 is 0. The fourth-order valence-corrected chi connectivity index (χ4v) is 1.34. The van der Waals surface area contributed by atoms with Gasteiger partial charge in [-0.3, -0.25) is 0 Å². The summed E-state index contributed by atoms with van der Waals surface area (Å²) in [6, 6.07) is 3.17. The highest BCUT2D eigenvalue weighted by atomic mass is 16.4. The highest BCUT2D eigenvalue weighted by molar-refractivity contribution is 5.93. The Morgan fingerprint density at radius 3 is 2.81 bits per heavy atom. The van der Waals surface area contributed by atoms with Crippen LogP contribution in [0, 0.1) is 6.92 Å². The average Bonchev–Trinajstić information content (AvgIpc) is 2.17. The van der Waals surface area contributed by atoms with Crippen LogP contribution in [0.3, 0.4) is 0 Å². The Kier molecular flexibility index (Phi) is 4.25. The molecule has 1 unspecified atom stereocenters. The van der Waals surface area contributed by atoms with Gasteiger partial charge in [-0.05, 0) is 32.4 Å². The number of carboxylic acids is 1. The van der Waals surface area contributed by atoms with Crippen molar-refractivity contribution in [3.8, 4) is 0 Å². The number of aromatic nitrogens is 1. The number of anilines is 1. The number of aryl methyl sites for hydroxylation is 1. The summed E-state index contributed by atoms with van der Waals surface area (Å²) in [5.41, 5.74) is 0.902. The molecule has 0 fully saturated rings. The van der Waals surface area contributed by atoms with E-state index in [1.54, 1.807) is 13.0 Å². The van der Waals surface area contributed by atoms with Crippen LogP contribution in [0.15, 0.2) is 12.1 Å². The SMILES string of the molecule is Cc1ccc(C(=O)O)c(NC(C)CCO)n1. The first-order valence-corrected chi connectivity index (χ1v) is 5.13. The Morgan fingerprint density at radius 2 is 2.25 bits per heavy atom. The van der Waals surface area contributed by atoms with Gasteiger partial charge in [0.2, 0.25) is 0 Å². The van der Waals surface area contributed by atoms with Gasteiger partial charge in [0.15, 0.2) is 0 Å². The maximum absolute atomic E-state index is 10.9. The monoisotopic (exact) mass is 224 g/mol. The van der Waals surface area contributed by atoms with Crippen molar-refractivity contribution in [1.82, 2.24) is 4.98 Å². The first-order valence-electron chi connectivity index (χ1n) is 5.13. The second-order valence-corrected chi connectivity index (χ2v) is 3.71. The molecule has 0 aliphatic carbocycles. The summed E-state index contributed by atoms with van der Waals surface area (Å²) in [6.45, 7) is 3.72. The molecule has 1 rings (SSSR count). The molecule has 3 N–H and O–H groups in total. The molecule has 0 aliphatic heterocycles. The maximum Gasteiger partial charge on any atom is 0.339 e. The number of rotatable bonds is 5. The van der Waals surface area contributed by atoms with Crippen molar-refractivity contribution in [2.24, 2.45) is 0 Å². The van der Waals surface area contributed by atoms with Crippen LogP contribution in [-0.4, -0.2) is 33.8 Å². The van der Waals surface area contributed by atoms with Crippen LogP contribution in [-0.2, 0) is 0 Å². The number of hydrogen-bond donors (Lipinski definition) is 3. The zero-order valence-electron chi connectivity index (χ0n) is 9.40. The highest BCUT2D eigenvalue weighted by Gasteiger charge is 2.13. The molecule has 0 saturated heterocycles. The van der Waals surface area contributed by atoms with Gasteiger partial charge in [0.1, 0.15) is 11.4 Å². The largest absolute Gasteiger partial charge is 0.478 e. The fraction of sp³-hybridized carbons (Fsp3) is 0.455. The molecule has 5 heteroatoms. The minimum atomic E-state index is -1.01. The van der Waals surface area contributed by atoms with Gasteiger partial charge < -0.3 is 15.5 Å². The Hall–Kier alpha value is -1.62. The van der Waals surface area contributed by atoms with Crippen LogP contribution in [0.1, 0.15) is 29.4 Å². The predicted molar refractivity (Wildman–Crippen MR) is 60.7 cm³/mol. The molecule has 0 aromatic carbocycles. The van der Waals surface area contributed by atoms with Crippen molar-refractivity contribution in [3.05, 3.63) is 23.4 Å². The van der Waals surface area contributed by atoms with Crippen molar-refractivity contribution < 1.29 is 15.0 Å². The number of nitrogens with one attached hydrogen (secondary N) is 1. The zero-order valence-corrected chi connectivity index (χ0v) is 9.40. The van der Waals surface area contributed by atoms with Crippen LogP contribution in [0.5, 0.6) is 0 Å². The van der Waals surface area contributed by atoms with Crippen molar-refractivity contribution in [2.75, 3.05) is 11.9 Å². The lowest BCUT2D eigenvalue weighted by atomic mass is 10.2. The van der Waals surface area contributed by atoms with Gasteiger partial charge in [-0.15, -0.1) is 0 Å². The Balaban J connectivity index is 2.92. The standard InChI is InChI=1S/C11H16N2O3/c1-7-3-4-9(11(15)16)10(12-7)13-8(2)5-6-14/h3-4,8,14H,5-6H2,1-2H3,(H,12,13)(H,15,16). The van der Waals surface area contributed by atoms with Crippen LogP contribution >= 0.6 is 0 Å². The van der Waals surface area contributed by atoms with Crippen molar-refractivity contribution in [3.63, 3.8) is 0 Å². The number of carbonyl (C=O) groups is 1. The summed E-state index contributed by atoms with van der Waals surface area (Å²) >= 11 is 0. The van der Waals surface area contributed by atoms with Gasteiger partial charge in [0, 0.05) is 18.3 Å². The topological polar surface area (TPSA) is 82.5 Å². The molecule has 16 heavy (non-hydrogen) atoms. The molecular weight excluding hydrogens is 208 g/mol. The lowest BCUT2D eigenvalue weighted by Gasteiger charge is -2.15. The second kappa shape index (κ2) is 5.46. The van der Waals surface area contributed by atoms with Crippen molar-refractivity contribution in [1.29, 1.82) is 0 Å². The van der Waals surface area contributed by atoms with E-state index < -0.39 is 5.97 Å². The zero-order chi connectivity index (χ0) is 12.1. The molecule has 1 heterocycles. The van der Waals surface area contributed by atoms with Gasteiger partial charge in [-0.1, -0.05) is 0 Å². The Bertz CT molecular complexity index is 379. The van der Waals surface area contributed by atoms with E-state index in [0.29, 0.717) is 12.2 Å². The average molecular weight is 224 g/mol. The molecule has 0 bridgehead atoms. The summed E-state index contributed by atoms with van der Waals surface area (Å²) in [6.07, 6.45) is 0.550. The lowest BCUT2D eigenvalue weighted by Crippen LogP contribution is -2.19. The molecule has 5 nitrogen and oxygen atoms in total. The maximum atomic E-state index is 10.9. The van der Waals surface area contributed by atoms with E-state index in [1.807, 2.05) is 6.92 Å². The van der Waals surface area contributed by atoms with E-state index in [9.17, 15) is 4.79 Å². The molecule has 0 radical (unpaired) electrons. The summed E-state index contributed by atoms with van der Waals surface area (Å²) in [5, 5.41) is 20.7. The molecule has 1 atom stereocenters. The van der Waals surface area contributed by atoms with Gasteiger partial charge in [0.25, 0.3) is 0 Å². The summed E-state index contributed by atoms with van der Waals surface area (Å²) in [5.74, 6) is -0.653. The third-order valence-corrected chi connectivity index (χ3v) is 2.21. The van der Waals surface area contributed by atoms with Gasteiger partial charge in [-0.25, -0.2) is 9.78 Å². The number of aromatic carboxylic acids is 1. The van der Waals surface area contributed by atoms with E-state index >= 15 is 0 Å². The van der Waals surface area contributed by atoms with Crippen molar-refractivity contribution >= 4 is 11.8 Å².